The number of benzene rings is 1. The van der Waals surface area contributed by atoms with Crippen LogP contribution < -0.4 is 15.4 Å². The molecule has 1 fully saturated rings. The largest absolute Gasteiger partial charge is 0.489 e. The molecule has 1 aromatic rings. The van der Waals surface area contributed by atoms with Crippen molar-refractivity contribution in [2.24, 2.45) is 4.99 Å². The van der Waals surface area contributed by atoms with E-state index in [0.717, 1.165) is 50.9 Å². The lowest BCUT2D eigenvalue weighted by Gasteiger charge is -2.41. The Kier molecular flexibility index (Phi) is 8.67. The minimum absolute atomic E-state index is 0.000853. The van der Waals surface area contributed by atoms with Gasteiger partial charge in [-0.05, 0) is 65.0 Å². The fourth-order valence-electron chi connectivity index (χ4n) is 3.09. The van der Waals surface area contributed by atoms with E-state index in [1.807, 2.05) is 31.2 Å². The molecule has 6 nitrogen and oxygen atoms in total. The van der Waals surface area contributed by atoms with Gasteiger partial charge in [0.1, 0.15) is 11.9 Å². The quantitative estimate of drug-likeness (QED) is 0.522. The molecule has 0 radical (unpaired) electrons. The standard InChI is InChI=1S/C20H33ClN4O2/c1-5-22-19(24-15-20(25(3)4)10-12-26-13-11-20)23-14-16(2)27-18-8-6-17(21)7-9-18/h6-9,16H,5,10-15H2,1-4H3,(H2,22,23,24). The topological polar surface area (TPSA) is 58.1 Å². The fourth-order valence-corrected chi connectivity index (χ4v) is 3.22. The van der Waals surface area contributed by atoms with Crippen LogP contribution in [0.2, 0.25) is 5.02 Å². The van der Waals surface area contributed by atoms with Crippen LogP contribution >= 0.6 is 11.6 Å². The van der Waals surface area contributed by atoms with E-state index in [-0.39, 0.29) is 11.6 Å². The van der Waals surface area contributed by atoms with Gasteiger partial charge >= 0.3 is 0 Å². The van der Waals surface area contributed by atoms with Gasteiger partial charge < -0.3 is 25.0 Å². The lowest BCUT2D eigenvalue weighted by atomic mass is 9.89. The molecular weight excluding hydrogens is 364 g/mol. The average Bonchev–Trinajstić information content (AvgIpc) is 2.66. The molecule has 1 aliphatic rings. The van der Waals surface area contributed by atoms with Gasteiger partial charge in [0.25, 0.3) is 0 Å². The molecule has 2 N–H and O–H groups in total. The maximum Gasteiger partial charge on any atom is 0.191 e. The van der Waals surface area contributed by atoms with Crippen molar-refractivity contribution in [3.05, 3.63) is 29.3 Å². The Labute approximate surface area is 168 Å². The van der Waals surface area contributed by atoms with E-state index in [4.69, 9.17) is 26.1 Å². The Bertz CT molecular complexity index is 586. The Morgan fingerprint density at radius 3 is 2.52 bits per heavy atom. The van der Waals surface area contributed by atoms with Crippen molar-refractivity contribution in [1.82, 2.24) is 15.5 Å². The molecular formula is C20H33ClN4O2. The van der Waals surface area contributed by atoms with E-state index >= 15 is 0 Å². The van der Waals surface area contributed by atoms with Gasteiger partial charge in [0.15, 0.2) is 5.96 Å². The number of hydrogen-bond donors (Lipinski definition) is 2. The van der Waals surface area contributed by atoms with Crippen molar-refractivity contribution in [1.29, 1.82) is 0 Å². The normalized spacial score (nSPS) is 18.2. The Balaban J connectivity index is 1.91. The molecule has 0 spiro atoms. The molecule has 7 heteroatoms. The molecule has 1 unspecified atom stereocenters. The average molecular weight is 397 g/mol. The van der Waals surface area contributed by atoms with E-state index in [1.54, 1.807) is 0 Å². The van der Waals surface area contributed by atoms with Crippen LogP contribution in [0.25, 0.3) is 0 Å². The molecule has 1 aliphatic heterocycles. The first-order valence-corrected chi connectivity index (χ1v) is 10.0. The third-order valence-electron chi connectivity index (χ3n) is 4.96. The summed E-state index contributed by atoms with van der Waals surface area (Å²) in [5, 5.41) is 7.41. The van der Waals surface area contributed by atoms with Crippen LogP contribution in [0.5, 0.6) is 5.75 Å². The third-order valence-corrected chi connectivity index (χ3v) is 5.21. The van der Waals surface area contributed by atoms with Gasteiger partial charge in [0.05, 0.1) is 13.1 Å². The number of likely N-dealkylation sites (N-methyl/N-ethyl adjacent to an activating group) is 1. The van der Waals surface area contributed by atoms with E-state index < -0.39 is 0 Å². The van der Waals surface area contributed by atoms with Crippen molar-refractivity contribution >= 4 is 17.6 Å². The lowest BCUT2D eigenvalue weighted by molar-refractivity contribution is -0.00255. The SMILES string of the molecule is CCNC(=NCC1(N(C)C)CCOCC1)NCC(C)Oc1ccc(Cl)cc1. The van der Waals surface area contributed by atoms with Gasteiger partial charge in [0, 0.05) is 30.3 Å². The van der Waals surface area contributed by atoms with Gasteiger partial charge in [0.2, 0.25) is 0 Å². The first-order valence-electron chi connectivity index (χ1n) is 9.65. The predicted molar refractivity (Wildman–Crippen MR) is 112 cm³/mol. The molecule has 2 rings (SSSR count). The number of aliphatic imine (C=N–C) groups is 1. The van der Waals surface area contributed by atoms with Crippen molar-refractivity contribution in [3.8, 4) is 5.75 Å². The van der Waals surface area contributed by atoms with E-state index in [1.165, 1.54) is 0 Å². The molecule has 0 aliphatic carbocycles. The molecule has 1 saturated heterocycles. The van der Waals surface area contributed by atoms with Crippen LogP contribution in [-0.4, -0.2) is 69.4 Å². The van der Waals surface area contributed by atoms with E-state index in [0.29, 0.717) is 11.6 Å². The predicted octanol–water partition coefficient (Wildman–Crippen LogP) is 2.77. The highest BCUT2D eigenvalue weighted by Crippen LogP contribution is 2.26. The summed E-state index contributed by atoms with van der Waals surface area (Å²) in [6.45, 7) is 7.91. The summed E-state index contributed by atoms with van der Waals surface area (Å²) in [5.74, 6) is 1.63. The monoisotopic (exact) mass is 396 g/mol. The molecule has 0 saturated carbocycles. The van der Waals surface area contributed by atoms with Crippen LogP contribution in [0.1, 0.15) is 26.7 Å². The second-order valence-corrected chi connectivity index (χ2v) is 7.63. The number of nitrogens with zero attached hydrogens (tertiary/aromatic N) is 2. The first kappa shape index (κ1) is 21.8. The number of guanidine groups is 1. The summed E-state index contributed by atoms with van der Waals surface area (Å²) >= 11 is 5.91. The van der Waals surface area contributed by atoms with Gasteiger partial charge in [-0.3, -0.25) is 4.99 Å². The zero-order valence-electron chi connectivity index (χ0n) is 16.9. The van der Waals surface area contributed by atoms with Crippen molar-refractivity contribution < 1.29 is 9.47 Å². The Morgan fingerprint density at radius 1 is 1.26 bits per heavy atom. The summed E-state index contributed by atoms with van der Waals surface area (Å²) in [6, 6.07) is 7.42. The van der Waals surface area contributed by atoms with Gasteiger partial charge in [-0.25, -0.2) is 0 Å². The maximum atomic E-state index is 5.92. The van der Waals surface area contributed by atoms with E-state index in [2.05, 4.69) is 36.6 Å². The summed E-state index contributed by atoms with van der Waals surface area (Å²) in [4.78, 5) is 7.13. The molecule has 1 heterocycles. The summed E-state index contributed by atoms with van der Waals surface area (Å²) in [5.41, 5.74) is 0.0615. The number of rotatable bonds is 8. The highest BCUT2D eigenvalue weighted by Gasteiger charge is 2.34. The van der Waals surface area contributed by atoms with Crippen LogP contribution in [0.4, 0.5) is 0 Å². The summed E-state index contributed by atoms with van der Waals surface area (Å²) in [6.07, 6.45) is 2.00. The van der Waals surface area contributed by atoms with Crippen LogP contribution in [0.15, 0.2) is 29.3 Å². The summed E-state index contributed by atoms with van der Waals surface area (Å²) in [7, 11) is 4.26. The smallest absolute Gasteiger partial charge is 0.191 e. The van der Waals surface area contributed by atoms with E-state index in [9.17, 15) is 0 Å². The third kappa shape index (κ3) is 6.87. The number of hydrogen-bond acceptors (Lipinski definition) is 4. The number of halogens is 1. The van der Waals surface area contributed by atoms with Gasteiger partial charge in [-0.15, -0.1) is 0 Å². The molecule has 0 amide bonds. The first-order chi connectivity index (χ1) is 12.9. The molecule has 0 bridgehead atoms. The van der Waals surface area contributed by atoms with Crippen LogP contribution in [0.3, 0.4) is 0 Å². The van der Waals surface area contributed by atoms with Gasteiger partial charge in [-0.1, -0.05) is 11.6 Å². The maximum absolute atomic E-state index is 5.92. The molecule has 0 aromatic heterocycles. The minimum atomic E-state index is 0.000853. The zero-order valence-corrected chi connectivity index (χ0v) is 17.7. The minimum Gasteiger partial charge on any atom is -0.489 e. The van der Waals surface area contributed by atoms with Crippen molar-refractivity contribution in [2.75, 3.05) is 46.9 Å². The highest BCUT2D eigenvalue weighted by molar-refractivity contribution is 6.30. The Hall–Kier alpha value is -1.50. The van der Waals surface area contributed by atoms with Gasteiger partial charge in [-0.2, -0.15) is 0 Å². The van der Waals surface area contributed by atoms with Crippen LogP contribution in [0, 0.1) is 0 Å². The van der Waals surface area contributed by atoms with Crippen molar-refractivity contribution in [2.45, 2.75) is 38.3 Å². The Morgan fingerprint density at radius 2 is 1.93 bits per heavy atom. The number of nitrogens with one attached hydrogen (secondary N) is 2. The molecule has 27 heavy (non-hydrogen) atoms. The van der Waals surface area contributed by atoms with Crippen LogP contribution in [-0.2, 0) is 4.74 Å². The summed E-state index contributed by atoms with van der Waals surface area (Å²) < 4.78 is 11.5. The van der Waals surface area contributed by atoms with Crippen molar-refractivity contribution in [3.63, 3.8) is 0 Å². The fraction of sp³-hybridized carbons (Fsp3) is 0.650. The molecule has 1 aromatic carbocycles. The number of ether oxygens (including phenoxy) is 2. The second-order valence-electron chi connectivity index (χ2n) is 7.19. The lowest BCUT2D eigenvalue weighted by Crippen LogP contribution is -2.52. The second kappa shape index (κ2) is 10.7. The molecule has 1 atom stereocenters. The highest BCUT2D eigenvalue weighted by atomic mass is 35.5. The molecule has 152 valence electrons. The zero-order chi connectivity index (χ0) is 19.7.